The zero-order valence-electron chi connectivity index (χ0n) is 10.4. The molecule has 19 heavy (non-hydrogen) atoms. The van der Waals surface area contributed by atoms with E-state index in [4.69, 9.17) is 11.6 Å². The van der Waals surface area contributed by atoms with Crippen molar-refractivity contribution in [1.82, 2.24) is 14.8 Å². The van der Waals surface area contributed by atoms with Crippen molar-refractivity contribution in [3.8, 4) is 0 Å². The third-order valence-electron chi connectivity index (χ3n) is 2.16. The average molecular weight is 306 g/mol. The minimum Gasteiger partial charge on any atom is -0.351 e. The third-order valence-corrected chi connectivity index (χ3v) is 3.61. The zero-order chi connectivity index (χ0) is 14.3. The lowest BCUT2D eigenvalue weighted by Gasteiger charge is -2.07. The number of hydrogen-bond acceptors (Lipinski definition) is 3. The van der Waals surface area contributed by atoms with Gasteiger partial charge in [0.2, 0.25) is 5.91 Å². The molecule has 0 atom stereocenters. The largest absolute Gasteiger partial charge is 0.351 e. The summed E-state index contributed by atoms with van der Waals surface area (Å²) in [5.74, 6) is -0.406. The number of rotatable bonds is 7. The van der Waals surface area contributed by atoms with E-state index in [0.717, 1.165) is 5.56 Å². The molecule has 0 fully saturated rings. The summed E-state index contributed by atoms with van der Waals surface area (Å²) in [6, 6.07) is 7.00. The Kier molecular flexibility index (Phi) is 6.23. The van der Waals surface area contributed by atoms with Gasteiger partial charge in [-0.15, -0.1) is 0 Å². The van der Waals surface area contributed by atoms with E-state index in [2.05, 4.69) is 14.8 Å². The van der Waals surface area contributed by atoms with Gasteiger partial charge in [-0.3, -0.25) is 4.79 Å². The van der Waals surface area contributed by atoms with Crippen LogP contribution in [0.15, 0.2) is 24.3 Å². The molecule has 0 radical (unpaired) electrons. The van der Waals surface area contributed by atoms with Gasteiger partial charge in [-0.05, 0) is 17.7 Å². The second-order valence-electron chi connectivity index (χ2n) is 3.73. The third kappa shape index (κ3) is 6.53. The number of benzene rings is 1. The predicted octanol–water partition coefficient (Wildman–Crippen LogP) is 0.400. The van der Waals surface area contributed by atoms with Gasteiger partial charge in [0.1, 0.15) is 0 Å². The average Bonchev–Trinajstić information content (AvgIpc) is 2.36. The van der Waals surface area contributed by atoms with E-state index in [1.807, 2.05) is 0 Å². The number of carbonyl (C=O) groups excluding carboxylic acids is 1. The fourth-order valence-electron chi connectivity index (χ4n) is 1.27. The highest BCUT2D eigenvalue weighted by Crippen LogP contribution is 2.08. The molecular weight excluding hydrogens is 290 g/mol. The molecule has 0 bridgehead atoms. The van der Waals surface area contributed by atoms with E-state index in [1.165, 1.54) is 0 Å². The van der Waals surface area contributed by atoms with Crippen molar-refractivity contribution in [3.63, 3.8) is 0 Å². The number of halogens is 1. The topological polar surface area (TPSA) is 87.3 Å². The van der Waals surface area contributed by atoms with Crippen LogP contribution >= 0.6 is 11.6 Å². The minimum atomic E-state index is -3.59. The van der Waals surface area contributed by atoms with Crippen LogP contribution < -0.4 is 14.8 Å². The highest BCUT2D eigenvalue weighted by molar-refractivity contribution is 7.87. The van der Waals surface area contributed by atoms with Gasteiger partial charge in [-0.2, -0.15) is 13.1 Å². The van der Waals surface area contributed by atoms with E-state index < -0.39 is 16.1 Å². The van der Waals surface area contributed by atoms with Gasteiger partial charge in [0.15, 0.2) is 0 Å². The minimum absolute atomic E-state index is 0.266. The zero-order valence-corrected chi connectivity index (χ0v) is 12.0. The number of amides is 1. The number of hydrogen-bond donors (Lipinski definition) is 3. The molecule has 106 valence electrons. The smallest absolute Gasteiger partial charge is 0.277 e. The summed E-state index contributed by atoms with van der Waals surface area (Å²) < 4.78 is 26.8. The molecule has 6 nitrogen and oxygen atoms in total. The van der Waals surface area contributed by atoms with Crippen LogP contribution in [0.5, 0.6) is 0 Å². The molecule has 0 aliphatic carbocycles. The lowest BCUT2D eigenvalue weighted by atomic mass is 10.2. The van der Waals surface area contributed by atoms with Crippen molar-refractivity contribution in [2.75, 3.05) is 13.1 Å². The van der Waals surface area contributed by atoms with Gasteiger partial charge in [-0.25, -0.2) is 4.72 Å². The molecule has 1 amide bonds. The first-order valence-electron chi connectivity index (χ1n) is 5.68. The molecule has 3 N–H and O–H groups in total. The molecule has 0 aliphatic rings. The summed E-state index contributed by atoms with van der Waals surface area (Å²) in [5, 5.41) is 3.22. The predicted molar refractivity (Wildman–Crippen MR) is 73.9 cm³/mol. The molecule has 0 spiro atoms. The maximum absolute atomic E-state index is 11.4. The van der Waals surface area contributed by atoms with Crippen LogP contribution in [0.4, 0.5) is 0 Å². The van der Waals surface area contributed by atoms with Crippen molar-refractivity contribution in [3.05, 3.63) is 34.9 Å². The van der Waals surface area contributed by atoms with Gasteiger partial charge in [0.25, 0.3) is 10.2 Å². The Morgan fingerprint density at radius 3 is 2.42 bits per heavy atom. The molecule has 8 heteroatoms. The van der Waals surface area contributed by atoms with Crippen LogP contribution in [0, 0.1) is 0 Å². The van der Waals surface area contributed by atoms with Crippen LogP contribution in [0.2, 0.25) is 5.02 Å². The molecule has 1 aromatic carbocycles. The number of carbonyl (C=O) groups is 1. The maximum Gasteiger partial charge on any atom is 0.277 e. The van der Waals surface area contributed by atoms with E-state index in [1.54, 1.807) is 31.2 Å². The highest BCUT2D eigenvalue weighted by atomic mass is 35.5. The molecule has 0 heterocycles. The summed E-state index contributed by atoms with van der Waals surface area (Å²) in [6.45, 7) is 1.93. The first-order valence-corrected chi connectivity index (χ1v) is 7.54. The Labute approximate surface area is 117 Å². The van der Waals surface area contributed by atoms with Crippen molar-refractivity contribution in [2.45, 2.75) is 13.5 Å². The van der Waals surface area contributed by atoms with Crippen molar-refractivity contribution in [2.24, 2.45) is 0 Å². The lowest BCUT2D eigenvalue weighted by molar-refractivity contribution is -0.120. The molecule has 1 aromatic rings. The maximum atomic E-state index is 11.4. The summed E-state index contributed by atoms with van der Waals surface area (Å²) in [6.07, 6.45) is 0. The lowest BCUT2D eigenvalue weighted by Crippen LogP contribution is -2.42. The molecule has 0 aliphatic heterocycles. The molecule has 0 saturated heterocycles. The molecule has 0 saturated carbocycles. The van der Waals surface area contributed by atoms with Crippen LogP contribution in [-0.4, -0.2) is 27.4 Å². The summed E-state index contributed by atoms with van der Waals surface area (Å²) in [4.78, 5) is 11.4. The quantitative estimate of drug-likeness (QED) is 0.681. The normalized spacial score (nSPS) is 11.3. The molecule has 1 rings (SSSR count). The Bertz CT molecular complexity index is 516. The SMILES string of the molecule is CCNS(=O)(=O)NCC(=O)NCc1ccc(Cl)cc1. The van der Waals surface area contributed by atoms with Gasteiger partial charge >= 0.3 is 0 Å². The Balaban J connectivity index is 2.34. The van der Waals surface area contributed by atoms with Gasteiger partial charge in [-0.1, -0.05) is 30.7 Å². The second kappa shape index (κ2) is 7.44. The van der Waals surface area contributed by atoms with Gasteiger partial charge < -0.3 is 5.32 Å². The van der Waals surface area contributed by atoms with Gasteiger partial charge in [0, 0.05) is 18.1 Å². The molecule has 0 aromatic heterocycles. The Hall–Kier alpha value is -1.15. The van der Waals surface area contributed by atoms with E-state index in [9.17, 15) is 13.2 Å². The molecule has 0 unspecified atom stereocenters. The van der Waals surface area contributed by atoms with E-state index in [0.29, 0.717) is 11.6 Å². The highest BCUT2D eigenvalue weighted by Gasteiger charge is 2.09. The summed E-state index contributed by atoms with van der Waals surface area (Å²) in [5.41, 5.74) is 0.882. The standard InChI is InChI=1S/C11H16ClN3O3S/c1-2-14-19(17,18)15-8-11(16)13-7-9-3-5-10(12)6-4-9/h3-6,14-15H,2,7-8H2,1H3,(H,13,16). The summed E-state index contributed by atoms with van der Waals surface area (Å²) >= 11 is 5.73. The fraction of sp³-hybridized carbons (Fsp3) is 0.364. The number of nitrogens with one attached hydrogen (secondary N) is 3. The first kappa shape index (κ1) is 15.9. The van der Waals surface area contributed by atoms with Gasteiger partial charge in [0.05, 0.1) is 6.54 Å². The Morgan fingerprint density at radius 1 is 1.21 bits per heavy atom. The Morgan fingerprint density at radius 2 is 1.84 bits per heavy atom. The van der Waals surface area contributed by atoms with Crippen LogP contribution in [-0.2, 0) is 21.5 Å². The van der Waals surface area contributed by atoms with Crippen LogP contribution in [0.3, 0.4) is 0 Å². The fourth-order valence-corrected chi connectivity index (χ4v) is 2.20. The van der Waals surface area contributed by atoms with Crippen LogP contribution in [0.1, 0.15) is 12.5 Å². The van der Waals surface area contributed by atoms with Crippen LogP contribution in [0.25, 0.3) is 0 Å². The van der Waals surface area contributed by atoms with Crippen molar-refractivity contribution < 1.29 is 13.2 Å². The monoisotopic (exact) mass is 305 g/mol. The second-order valence-corrected chi connectivity index (χ2v) is 5.75. The van der Waals surface area contributed by atoms with Crippen molar-refractivity contribution in [1.29, 1.82) is 0 Å². The van der Waals surface area contributed by atoms with E-state index >= 15 is 0 Å². The summed E-state index contributed by atoms with van der Waals surface area (Å²) in [7, 11) is -3.59. The van der Waals surface area contributed by atoms with Crippen molar-refractivity contribution >= 4 is 27.7 Å². The molecular formula is C11H16ClN3O3S. The first-order chi connectivity index (χ1) is 8.93. The van der Waals surface area contributed by atoms with E-state index in [-0.39, 0.29) is 13.1 Å².